The highest BCUT2D eigenvalue weighted by Gasteiger charge is 2.15. The van der Waals surface area contributed by atoms with Crippen LogP contribution < -0.4 is 5.32 Å². The summed E-state index contributed by atoms with van der Waals surface area (Å²) in [4.78, 5) is 11.8. The number of thioether (sulfide) groups is 1. The Hall–Kier alpha value is -1.79. The predicted octanol–water partition coefficient (Wildman–Crippen LogP) is 3.40. The first-order valence-corrected chi connectivity index (χ1v) is 8.59. The van der Waals surface area contributed by atoms with Gasteiger partial charge in [-0.3, -0.25) is 9.36 Å². The minimum absolute atomic E-state index is 0.0220. The molecule has 0 aliphatic carbocycles. The van der Waals surface area contributed by atoms with Gasteiger partial charge in [-0.1, -0.05) is 29.4 Å². The number of hydrogen-bond donors (Lipinski definition) is 1. The summed E-state index contributed by atoms with van der Waals surface area (Å²) in [5.74, 6) is 1.01. The van der Waals surface area contributed by atoms with Crippen molar-refractivity contribution in [1.29, 1.82) is 0 Å². The molecule has 1 amide bonds. The summed E-state index contributed by atoms with van der Waals surface area (Å²) in [6.07, 6.45) is 1.78. The predicted molar refractivity (Wildman–Crippen MR) is 94.7 cm³/mol. The molecule has 0 aliphatic heterocycles. The molecule has 0 aliphatic rings. The molecule has 122 valence electrons. The summed E-state index contributed by atoms with van der Waals surface area (Å²) in [5, 5.41) is 12.7. The lowest BCUT2D eigenvalue weighted by Gasteiger charge is -2.09. The van der Waals surface area contributed by atoms with Gasteiger partial charge in [-0.25, -0.2) is 0 Å². The molecular formula is C16H19ClN4OS. The zero-order valence-electron chi connectivity index (χ0n) is 13.1. The maximum atomic E-state index is 11.8. The lowest BCUT2D eigenvalue weighted by Crippen LogP contribution is -2.31. The van der Waals surface area contributed by atoms with Crippen LogP contribution in [0.25, 0.3) is 11.4 Å². The second-order valence-corrected chi connectivity index (χ2v) is 6.60. The monoisotopic (exact) mass is 350 g/mol. The van der Waals surface area contributed by atoms with Crippen molar-refractivity contribution in [3.8, 4) is 11.4 Å². The van der Waals surface area contributed by atoms with Gasteiger partial charge in [-0.2, -0.15) is 0 Å². The standard InChI is InChI=1S/C16H19ClN4OS/c1-4-9-21-15(12-5-7-13(17)8-6-12)19-20-16(21)23-10-14(22)18-11(2)3/h4-8,11H,1,9-10H2,2-3H3,(H,18,22). The lowest BCUT2D eigenvalue weighted by molar-refractivity contribution is -0.119. The summed E-state index contributed by atoms with van der Waals surface area (Å²) >= 11 is 7.28. The van der Waals surface area contributed by atoms with Crippen molar-refractivity contribution in [2.24, 2.45) is 0 Å². The van der Waals surface area contributed by atoms with Crippen LogP contribution in [0.4, 0.5) is 0 Å². The summed E-state index contributed by atoms with van der Waals surface area (Å²) in [7, 11) is 0. The molecule has 0 fully saturated rings. The number of nitrogens with zero attached hydrogens (tertiary/aromatic N) is 3. The van der Waals surface area contributed by atoms with Crippen molar-refractivity contribution in [2.75, 3.05) is 5.75 Å². The number of benzene rings is 1. The average Bonchev–Trinajstić information content (AvgIpc) is 2.89. The van der Waals surface area contributed by atoms with Crippen LogP contribution in [0.1, 0.15) is 13.8 Å². The number of rotatable bonds is 7. The van der Waals surface area contributed by atoms with E-state index in [4.69, 9.17) is 11.6 Å². The number of amides is 1. The molecule has 2 rings (SSSR count). The van der Waals surface area contributed by atoms with Gasteiger partial charge in [0, 0.05) is 23.2 Å². The van der Waals surface area contributed by atoms with E-state index in [9.17, 15) is 4.79 Å². The molecule has 5 nitrogen and oxygen atoms in total. The molecule has 0 unspecified atom stereocenters. The number of aromatic nitrogens is 3. The highest BCUT2D eigenvalue weighted by Crippen LogP contribution is 2.25. The van der Waals surface area contributed by atoms with E-state index >= 15 is 0 Å². The van der Waals surface area contributed by atoms with Gasteiger partial charge in [-0.15, -0.1) is 16.8 Å². The molecule has 1 N–H and O–H groups in total. The van der Waals surface area contributed by atoms with Crippen LogP contribution in [0.5, 0.6) is 0 Å². The van der Waals surface area contributed by atoms with Crippen LogP contribution >= 0.6 is 23.4 Å². The molecule has 0 bridgehead atoms. The molecule has 1 heterocycles. The molecule has 1 aromatic carbocycles. The van der Waals surface area contributed by atoms with E-state index < -0.39 is 0 Å². The summed E-state index contributed by atoms with van der Waals surface area (Å²) in [5.41, 5.74) is 0.919. The fraction of sp³-hybridized carbons (Fsp3) is 0.312. The Morgan fingerprint density at radius 2 is 2.09 bits per heavy atom. The second-order valence-electron chi connectivity index (χ2n) is 5.22. The first kappa shape index (κ1) is 17.6. The first-order chi connectivity index (χ1) is 11.0. The average molecular weight is 351 g/mol. The van der Waals surface area contributed by atoms with Crippen molar-refractivity contribution in [3.63, 3.8) is 0 Å². The highest BCUT2D eigenvalue weighted by molar-refractivity contribution is 7.99. The molecule has 0 saturated carbocycles. The summed E-state index contributed by atoms with van der Waals surface area (Å²) in [6.45, 7) is 8.21. The summed E-state index contributed by atoms with van der Waals surface area (Å²) in [6, 6.07) is 7.54. The topological polar surface area (TPSA) is 59.8 Å². The van der Waals surface area contributed by atoms with Gasteiger partial charge in [0.15, 0.2) is 11.0 Å². The third kappa shape index (κ3) is 4.84. The third-order valence-electron chi connectivity index (χ3n) is 2.91. The van der Waals surface area contributed by atoms with Crippen molar-refractivity contribution in [2.45, 2.75) is 31.6 Å². The molecule has 1 aromatic heterocycles. The van der Waals surface area contributed by atoms with Crippen molar-refractivity contribution in [1.82, 2.24) is 20.1 Å². The van der Waals surface area contributed by atoms with Crippen molar-refractivity contribution >= 4 is 29.3 Å². The van der Waals surface area contributed by atoms with Gasteiger partial charge in [0.05, 0.1) is 5.75 Å². The molecule has 2 aromatic rings. The maximum Gasteiger partial charge on any atom is 0.230 e. The third-order valence-corrected chi connectivity index (χ3v) is 4.13. The van der Waals surface area contributed by atoms with Crippen LogP contribution in [0.3, 0.4) is 0 Å². The van der Waals surface area contributed by atoms with Crippen LogP contribution in [-0.4, -0.2) is 32.5 Å². The van der Waals surface area contributed by atoms with E-state index in [0.29, 0.717) is 22.5 Å². The van der Waals surface area contributed by atoms with E-state index in [2.05, 4.69) is 22.1 Å². The van der Waals surface area contributed by atoms with E-state index in [1.807, 2.05) is 42.7 Å². The van der Waals surface area contributed by atoms with Crippen LogP contribution in [0, 0.1) is 0 Å². The number of carbonyl (C=O) groups excluding carboxylic acids is 1. The zero-order chi connectivity index (χ0) is 16.8. The largest absolute Gasteiger partial charge is 0.353 e. The van der Waals surface area contributed by atoms with Gasteiger partial charge in [0.1, 0.15) is 0 Å². The lowest BCUT2D eigenvalue weighted by atomic mass is 10.2. The fourth-order valence-electron chi connectivity index (χ4n) is 2.00. The van der Waals surface area contributed by atoms with Crippen LogP contribution in [-0.2, 0) is 11.3 Å². The number of hydrogen-bond acceptors (Lipinski definition) is 4. The van der Waals surface area contributed by atoms with Gasteiger partial charge in [-0.05, 0) is 38.1 Å². The minimum atomic E-state index is -0.0220. The van der Waals surface area contributed by atoms with Gasteiger partial charge >= 0.3 is 0 Å². The SMILES string of the molecule is C=CCn1c(SCC(=O)NC(C)C)nnc1-c1ccc(Cl)cc1. The van der Waals surface area contributed by atoms with E-state index in [-0.39, 0.29) is 11.9 Å². The number of nitrogens with one attached hydrogen (secondary N) is 1. The minimum Gasteiger partial charge on any atom is -0.353 e. The van der Waals surface area contributed by atoms with Crippen molar-refractivity contribution in [3.05, 3.63) is 41.9 Å². The maximum absolute atomic E-state index is 11.8. The van der Waals surface area contributed by atoms with Gasteiger partial charge in [0.25, 0.3) is 0 Å². The molecule has 0 saturated heterocycles. The Balaban J connectivity index is 2.19. The molecule has 23 heavy (non-hydrogen) atoms. The Kier molecular flexibility index (Phi) is 6.24. The smallest absolute Gasteiger partial charge is 0.230 e. The summed E-state index contributed by atoms with van der Waals surface area (Å²) < 4.78 is 1.93. The van der Waals surface area contributed by atoms with E-state index in [1.54, 1.807) is 6.08 Å². The fourth-order valence-corrected chi connectivity index (χ4v) is 2.88. The zero-order valence-corrected chi connectivity index (χ0v) is 14.7. The number of carbonyl (C=O) groups is 1. The quantitative estimate of drug-likeness (QED) is 0.614. The van der Waals surface area contributed by atoms with Gasteiger partial charge < -0.3 is 5.32 Å². The Morgan fingerprint density at radius 3 is 2.70 bits per heavy atom. The number of halogens is 1. The second kappa shape index (κ2) is 8.17. The Bertz CT molecular complexity index is 682. The Labute approximate surface area is 145 Å². The van der Waals surface area contributed by atoms with Crippen molar-refractivity contribution < 1.29 is 4.79 Å². The van der Waals surface area contributed by atoms with E-state index in [0.717, 1.165) is 11.4 Å². The Morgan fingerprint density at radius 1 is 1.39 bits per heavy atom. The first-order valence-electron chi connectivity index (χ1n) is 7.23. The highest BCUT2D eigenvalue weighted by atomic mass is 35.5. The van der Waals surface area contributed by atoms with Crippen LogP contribution in [0.15, 0.2) is 42.1 Å². The normalized spacial score (nSPS) is 10.8. The molecule has 7 heteroatoms. The van der Waals surface area contributed by atoms with E-state index in [1.165, 1.54) is 11.8 Å². The van der Waals surface area contributed by atoms with Gasteiger partial charge in [0.2, 0.25) is 5.91 Å². The molecular weight excluding hydrogens is 332 g/mol. The molecule has 0 atom stereocenters. The number of allylic oxidation sites excluding steroid dienone is 1. The molecule has 0 spiro atoms. The van der Waals surface area contributed by atoms with Crippen LogP contribution in [0.2, 0.25) is 5.02 Å². The molecule has 0 radical (unpaired) electrons.